The number of amides is 2. The molecule has 1 saturated carbocycles. The summed E-state index contributed by atoms with van der Waals surface area (Å²) >= 11 is 0. The first-order chi connectivity index (χ1) is 11.6. The summed E-state index contributed by atoms with van der Waals surface area (Å²) in [7, 11) is 3.50. The van der Waals surface area contributed by atoms with E-state index in [1.54, 1.807) is 19.5 Å². The molecule has 7 heteroatoms. The van der Waals surface area contributed by atoms with Crippen molar-refractivity contribution in [3.05, 3.63) is 41.5 Å². The van der Waals surface area contributed by atoms with Crippen LogP contribution in [0.15, 0.2) is 24.7 Å². The highest BCUT2D eigenvalue weighted by atomic mass is 16.5. The van der Waals surface area contributed by atoms with Gasteiger partial charge in [0.1, 0.15) is 5.75 Å². The van der Waals surface area contributed by atoms with E-state index >= 15 is 0 Å². The lowest BCUT2D eigenvalue weighted by Crippen LogP contribution is -2.37. The molecule has 2 amide bonds. The van der Waals surface area contributed by atoms with Crippen LogP contribution in [0.5, 0.6) is 5.75 Å². The molecule has 1 unspecified atom stereocenters. The molecule has 7 nitrogen and oxygen atoms in total. The Labute approximate surface area is 141 Å². The summed E-state index contributed by atoms with van der Waals surface area (Å²) < 4.78 is 7.12. The lowest BCUT2D eigenvalue weighted by Gasteiger charge is -2.17. The number of methoxy groups -OCH3 is 1. The molecule has 2 aromatic heterocycles. The van der Waals surface area contributed by atoms with E-state index in [9.17, 15) is 4.79 Å². The molecule has 1 aliphatic carbocycles. The Hall–Kier alpha value is -2.57. The van der Waals surface area contributed by atoms with E-state index in [-0.39, 0.29) is 12.1 Å². The molecule has 0 aromatic carbocycles. The maximum Gasteiger partial charge on any atom is 0.315 e. The maximum absolute atomic E-state index is 12.2. The Morgan fingerprint density at radius 3 is 2.96 bits per heavy atom. The van der Waals surface area contributed by atoms with E-state index < -0.39 is 0 Å². The van der Waals surface area contributed by atoms with E-state index in [2.05, 4.69) is 20.7 Å². The molecule has 0 aliphatic heterocycles. The van der Waals surface area contributed by atoms with Gasteiger partial charge in [-0.1, -0.05) is 0 Å². The number of hydrogen-bond donors (Lipinski definition) is 2. The first kappa shape index (κ1) is 16.3. The zero-order chi connectivity index (χ0) is 17.1. The van der Waals surface area contributed by atoms with Crippen molar-refractivity contribution in [2.24, 2.45) is 7.05 Å². The zero-order valence-corrected chi connectivity index (χ0v) is 14.2. The summed E-state index contributed by atoms with van der Waals surface area (Å²) in [6, 6.07) is 1.44. The molecule has 2 heterocycles. The average molecular weight is 329 g/mol. The van der Waals surface area contributed by atoms with Crippen LogP contribution >= 0.6 is 0 Å². The summed E-state index contributed by atoms with van der Waals surface area (Å²) in [5.41, 5.74) is 3.21. The van der Waals surface area contributed by atoms with E-state index in [1.165, 1.54) is 18.4 Å². The van der Waals surface area contributed by atoms with Gasteiger partial charge in [-0.3, -0.25) is 9.67 Å². The number of hydrogen-bond acceptors (Lipinski definition) is 4. The lowest BCUT2D eigenvalue weighted by atomic mass is 10.1. The Bertz CT molecular complexity index is 724. The molecular formula is C17H23N5O2. The highest BCUT2D eigenvalue weighted by molar-refractivity contribution is 5.74. The fourth-order valence-electron chi connectivity index (χ4n) is 2.84. The minimum absolute atomic E-state index is 0.183. The third kappa shape index (κ3) is 3.50. The van der Waals surface area contributed by atoms with Crippen LogP contribution in [0.2, 0.25) is 0 Å². The average Bonchev–Trinajstić information content (AvgIpc) is 3.36. The Morgan fingerprint density at radius 2 is 2.25 bits per heavy atom. The van der Waals surface area contributed by atoms with Crippen LogP contribution in [-0.4, -0.2) is 27.9 Å². The van der Waals surface area contributed by atoms with Gasteiger partial charge in [0.25, 0.3) is 0 Å². The maximum atomic E-state index is 12.2. The molecule has 1 aliphatic rings. The molecule has 24 heavy (non-hydrogen) atoms. The van der Waals surface area contributed by atoms with Crippen LogP contribution in [0.3, 0.4) is 0 Å². The van der Waals surface area contributed by atoms with Gasteiger partial charge >= 0.3 is 6.03 Å². The van der Waals surface area contributed by atoms with Gasteiger partial charge < -0.3 is 15.4 Å². The highest BCUT2D eigenvalue weighted by Gasteiger charge is 2.28. The van der Waals surface area contributed by atoms with E-state index in [0.29, 0.717) is 18.2 Å². The molecule has 128 valence electrons. The van der Waals surface area contributed by atoms with Gasteiger partial charge in [-0.05, 0) is 37.3 Å². The number of ether oxygens (including phenoxy) is 1. The second-order valence-corrected chi connectivity index (χ2v) is 6.11. The predicted molar refractivity (Wildman–Crippen MR) is 89.8 cm³/mol. The normalized spacial score (nSPS) is 15.0. The van der Waals surface area contributed by atoms with Gasteiger partial charge in [0.05, 0.1) is 37.8 Å². The highest BCUT2D eigenvalue weighted by Crippen LogP contribution is 2.41. The molecule has 2 aromatic rings. The van der Waals surface area contributed by atoms with Crippen molar-refractivity contribution in [2.45, 2.75) is 38.3 Å². The van der Waals surface area contributed by atoms with Crippen molar-refractivity contribution in [1.82, 2.24) is 25.4 Å². The second kappa shape index (κ2) is 6.90. The molecule has 0 radical (unpaired) electrons. The fraction of sp³-hybridized carbons (Fsp3) is 0.471. The lowest BCUT2D eigenvalue weighted by molar-refractivity contribution is 0.237. The first-order valence-corrected chi connectivity index (χ1v) is 8.13. The number of rotatable bonds is 6. The van der Waals surface area contributed by atoms with Crippen LogP contribution in [0.1, 0.15) is 48.5 Å². The molecule has 2 N–H and O–H groups in total. The standard InChI is InChI=1S/C17H23N5O2/c1-11(13-6-7-18-10-16(13)24-3)21-17(23)19-9-15-14(12-4-5-12)8-20-22(15)2/h6-8,10-12H,4-5,9H2,1-3H3,(H2,19,21,23). The number of aromatic nitrogens is 3. The Morgan fingerprint density at radius 1 is 1.46 bits per heavy atom. The molecule has 0 bridgehead atoms. The van der Waals surface area contributed by atoms with Crippen molar-refractivity contribution >= 4 is 6.03 Å². The third-order valence-corrected chi connectivity index (χ3v) is 4.38. The van der Waals surface area contributed by atoms with Crippen molar-refractivity contribution in [2.75, 3.05) is 7.11 Å². The SMILES string of the molecule is COc1cnccc1C(C)NC(=O)NCc1c(C2CC2)cnn1C. The van der Waals surface area contributed by atoms with Gasteiger partial charge in [0.15, 0.2) is 0 Å². The summed E-state index contributed by atoms with van der Waals surface area (Å²) in [6.07, 6.45) is 7.67. The van der Waals surface area contributed by atoms with Crippen LogP contribution in [0.4, 0.5) is 4.79 Å². The predicted octanol–water partition coefficient (Wildman–Crippen LogP) is 2.26. The van der Waals surface area contributed by atoms with Crippen molar-refractivity contribution in [3.63, 3.8) is 0 Å². The van der Waals surface area contributed by atoms with E-state index in [1.807, 2.05) is 30.9 Å². The number of carbonyl (C=O) groups is 1. The van der Waals surface area contributed by atoms with E-state index in [0.717, 1.165) is 11.3 Å². The topological polar surface area (TPSA) is 81.1 Å². The van der Waals surface area contributed by atoms with Gasteiger partial charge in [0, 0.05) is 18.8 Å². The molecule has 1 fully saturated rings. The molecule has 3 rings (SSSR count). The van der Waals surface area contributed by atoms with Gasteiger partial charge in [-0.15, -0.1) is 0 Å². The fourth-order valence-corrected chi connectivity index (χ4v) is 2.84. The molecular weight excluding hydrogens is 306 g/mol. The number of nitrogens with zero attached hydrogens (tertiary/aromatic N) is 3. The van der Waals surface area contributed by atoms with Crippen LogP contribution in [0.25, 0.3) is 0 Å². The third-order valence-electron chi connectivity index (χ3n) is 4.38. The second-order valence-electron chi connectivity index (χ2n) is 6.11. The van der Waals surface area contributed by atoms with Gasteiger partial charge in [-0.25, -0.2) is 4.79 Å². The number of aryl methyl sites for hydroxylation is 1. The van der Waals surface area contributed by atoms with Crippen LogP contribution < -0.4 is 15.4 Å². The van der Waals surface area contributed by atoms with E-state index in [4.69, 9.17) is 4.74 Å². The smallest absolute Gasteiger partial charge is 0.315 e. The molecule has 1 atom stereocenters. The zero-order valence-electron chi connectivity index (χ0n) is 14.2. The first-order valence-electron chi connectivity index (χ1n) is 8.13. The number of urea groups is 1. The minimum Gasteiger partial charge on any atom is -0.495 e. The monoisotopic (exact) mass is 329 g/mol. The number of nitrogens with one attached hydrogen (secondary N) is 2. The number of pyridine rings is 1. The van der Waals surface area contributed by atoms with Crippen LogP contribution in [0, 0.1) is 0 Å². The summed E-state index contributed by atoms with van der Waals surface area (Å²) in [5.74, 6) is 1.27. The molecule has 0 saturated heterocycles. The van der Waals surface area contributed by atoms with Gasteiger partial charge in [0.2, 0.25) is 0 Å². The van der Waals surface area contributed by atoms with Crippen molar-refractivity contribution < 1.29 is 9.53 Å². The van der Waals surface area contributed by atoms with Gasteiger partial charge in [-0.2, -0.15) is 5.10 Å². The van der Waals surface area contributed by atoms with Crippen molar-refractivity contribution in [3.8, 4) is 5.75 Å². The van der Waals surface area contributed by atoms with Crippen molar-refractivity contribution in [1.29, 1.82) is 0 Å². The Kier molecular flexibility index (Phi) is 4.69. The molecule has 0 spiro atoms. The minimum atomic E-state index is -0.218. The largest absolute Gasteiger partial charge is 0.495 e. The summed E-state index contributed by atoms with van der Waals surface area (Å²) in [5, 5.41) is 10.2. The summed E-state index contributed by atoms with van der Waals surface area (Å²) in [6.45, 7) is 2.38. The quantitative estimate of drug-likeness (QED) is 0.852. The summed E-state index contributed by atoms with van der Waals surface area (Å²) in [4.78, 5) is 16.2. The Balaban J connectivity index is 1.59. The van der Waals surface area contributed by atoms with Crippen LogP contribution in [-0.2, 0) is 13.6 Å². The number of carbonyl (C=O) groups excluding carboxylic acids is 1.